The Morgan fingerprint density at radius 1 is 1.56 bits per heavy atom. The van der Waals surface area contributed by atoms with Gasteiger partial charge in [0.2, 0.25) is 10.0 Å². The van der Waals surface area contributed by atoms with Gasteiger partial charge in [-0.15, -0.1) is 0 Å². The van der Waals surface area contributed by atoms with Gasteiger partial charge in [0.25, 0.3) is 0 Å². The highest BCUT2D eigenvalue weighted by molar-refractivity contribution is 9.10. The van der Waals surface area contributed by atoms with E-state index in [9.17, 15) is 8.42 Å². The van der Waals surface area contributed by atoms with Crippen molar-refractivity contribution in [1.29, 1.82) is 0 Å². The average molecular weight is 308 g/mol. The topological polar surface area (TPSA) is 71.1 Å². The minimum Gasteiger partial charge on any atom is -0.318 e. The fraction of sp³-hybridized carbons (Fsp3) is 0.444. The Labute approximate surface area is 104 Å². The third kappa shape index (κ3) is 3.43. The Balaban J connectivity index is 2.85. The number of hydrogen-bond donors (Lipinski definition) is 2. The molecule has 0 fully saturated rings. The highest BCUT2D eigenvalue weighted by Crippen LogP contribution is 2.21. The van der Waals surface area contributed by atoms with E-state index in [1.807, 2.05) is 0 Å². The fourth-order valence-corrected chi connectivity index (χ4v) is 2.66. The second-order valence-corrected chi connectivity index (χ2v) is 6.32. The minimum atomic E-state index is -3.37. The molecule has 5 nitrogen and oxygen atoms in total. The number of anilines is 1. The molecule has 0 aliphatic heterocycles. The number of aromatic nitrogens is 1. The van der Waals surface area contributed by atoms with Crippen LogP contribution in [0.5, 0.6) is 0 Å². The highest BCUT2D eigenvalue weighted by Gasteiger charge is 2.20. The first-order valence-electron chi connectivity index (χ1n) is 4.73. The molecule has 1 atom stereocenters. The number of halogens is 1. The Morgan fingerprint density at radius 2 is 2.25 bits per heavy atom. The van der Waals surface area contributed by atoms with Gasteiger partial charge in [-0.1, -0.05) is 0 Å². The van der Waals surface area contributed by atoms with Gasteiger partial charge >= 0.3 is 0 Å². The minimum absolute atomic E-state index is 0.401. The second kappa shape index (κ2) is 5.60. The monoisotopic (exact) mass is 307 g/mol. The van der Waals surface area contributed by atoms with Gasteiger partial charge in [0.15, 0.2) is 0 Å². The summed E-state index contributed by atoms with van der Waals surface area (Å²) in [7, 11) is -1.65. The van der Waals surface area contributed by atoms with Gasteiger partial charge in [-0.05, 0) is 36.0 Å². The lowest BCUT2D eigenvalue weighted by Gasteiger charge is -2.14. The van der Waals surface area contributed by atoms with E-state index in [0.29, 0.717) is 16.7 Å². The smallest absolute Gasteiger partial charge is 0.236 e. The predicted octanol–water partition coefficient (Wildman–Crippen LogP) is 1.19. The quantitative estimate of drug-likeness (QED) is 0.857. The molecular formula is C9H14BrN3O2S. The summed E-state index contributed by atoms with van der Waals surface area (Å²) in [4.78, 5) is 3.86. The normalized spacial score (nSPS) is 13.4. The van der Waals surface area contributed by atoms with Crippen LogP contribution in [0, 0.1) is 0 Å². The first kappa shape index (κ1) is 13.4. The van der Waals surface area contributed by atoms with Crippen molar-refractivity contribution in [3.8, 4) is 0 Å². The van der Waals surface area contributed by atoms with E-state index in [4.69, 9.17) is 0 Å². The zero-order valence-electron chi connectivity index (χ0n) is 9.07. The van der Waals surface area contributed by atoms with Crippen molar-refractivity contribution in [2.45, 2.75) is 12.2 Å². The summed E-state index contributed by atoms with van der Waals surface area (Å²) < 4.78 is 26.8. The molecule has 0 bridgehead atoms. The van der Waals surface area contributed by atoms with Crippen molar-refractivity contribution in [3.63, 3.8) is 0 Å². The zero-order chi connectivity index (χ0) is 12.2. The molecule has 0 saturated heterocycles. The lowest BCUT2D eigenvalue weighted by atomic mass is 10.4. The summed E-state index contributed by atoms with van der Waals surface area (Å²) in [5, 5.41) is 2.33. The molecule has 0 amide bonds. The molecule has 90 valence electrons. The van der Waals surface area contributed by atoms with Gasteiger partial charge in [-0.25, -0.2) is 8.42 Å². The summed E-state index contributed by atoms with van der Waals surface area (Å²) in [6.45, 7) is 2.05. The molecule has 1 heterocycles. The molecule has 0 radical (unpaired) electrons. The summed E-state index contributed by atoms with van der Waals surface area (Å²) >= 11 is 3.23. The van der Waals surface area contributed by atoms with Crippen molar-refractivity contribution in [3.05, 3.63) is 22.9 Å². The molecule has 0 saturated carbocycles. The first-order valence-corrected chi connectivity index (χ1v) is 7.07. The van der Waals surface area contributed by atoms with Crippen molar-refractivity contribution in [2.75, 3.05) is 18.3 Å². The molecule has 0 aromatic carbocycles. The van der Waals surface area contributed by atoms with Gasteiger partial charge in [-0.3, -0.25) is 9.71 Å². The van der Waals surface area contributed by atoms with E-state index in [1.165, 1.54) is 6.20 Å². The zero-order valence-corrected chi connectivity index (χ0v) is 11.5. The molecule has 1 aromatic heterocycles. The van der Waals surface area contributed by atoms with Gasteiger partial charge in [0, 0.05) is 18.9 Å². The third-order valence-corrected chi connectivity index (χ3v) is 4.41. The lowest BCUT2D eigenvalue weighted by molar-refractivity contribution is 0.583. The van der Waals surface area contributed by atoms with Crippen LogP contribution in [-0.2, 0) is 10.0 Å². The van der Waals surface area contributed by atoms with Crippen LogP contribution in [-0.4, -0.2) is 32.2 Å². The van der Waals surface area contributed by atoms with Gasteiger partial charge < -0.3 is 5.32 Å². The Hall–Kier alpha value is -0.660. The fourth-order valence-electron chi connectivity index (χ4n) is 1.11. The molecule has 1 unspecified atom stereocenters. The van der Waals surface area contributed by atoms with Crippen LogP contribution in [0.3, 0.4) is 0 Å². The Bertz CT molecular complexity index is 450. The van der Waals surface area contributed by atoms with Crippen molar-refractivity contribution >= 4 is 31.6 Å². The number of pyridine rings is 1. The van der Waals surface area contributed by atoms with Crippen molar-refractivity contribution in [2.24, 2.45) is 0 Å². The molecule has 1 rings (SSSR count). The van der Waals surface area contributed by atoms with Crippen LogP contribution in [0.2, 0.25) is 0 Å². The third-order valence-electron chi connectivity index (χ3n) is 2.05. The number of nitrogens with one attached hydrogen (secondary N) is 2. The molecule has 0 aliphatic carbocycles. The molecule has 16 heavy (non-hydrogen) atoms. The molecular weight excluding hydrogens is 294 g/mol. The van der Waals surface area contributed by atoms with Crippen LogP contribution in [0.1, 0.15) is 6.92 Å². The highest BCUT2D eigenvalue weighted by atomic mass is 79.9. The van der Waals surface area contributed by atoms with Crippen LogP contribution in [0.4, 0.5) is 5.69 Å². The molecule has 0 aliphatic rings. The maximum Gasteiger partial charge on any atom is 0.236 e. The van der Waals surface area contributed by atoms with Crippen LogP contribution < -0.4 is 10.0 Å². The molecule has 7 heteroatoms. The number of hydrogen-bond acceptors (Lipinski definition) is 4. The number of sulfonamides is 1. The summed E-state index contributed by atoms with van der Waals surface area (Å²) in [6.07, 6.45) is 3.08. The molecule has 0 spiro atoms. The van der Waals surface area contributed by atoms with Crippen LogP contribution in [0.25, 0.3) is 0 Å². The lowest BCUT2D eigenvalue weighted by Crippen LogP contribution is -2.33. The van der Waals surface area contributed by atoms with E-state index >= 15 is 0 Å². The van der Waals surface area contributed by atoms with E-state index in [2.05, 4.69) is 31.0 Å². The van der Waals surface area contributed by atoms with Crippen molar-refractivity contribution in [1.82, 2.24) is 10.3 Å². The SMILES string of the molecule is CNCC(C)S(=O)(=O)Nc1ccncc1Br. The van der Waals surface area contributed by atoms with Gasteiger partial charge in [0.05, 0.1) is 15.4 Å². The van der Waals surface area contributed by atoms with Gasteiger partial charge in [0.1, 0.15) is 0 Å². The largest absolute Gasteiger partial charge is 0.318 e. The maximum atomic E-state index is 11.8. The Kier molecular flexibility index (Phi) is 4.69. The predicted molar refractivity (Wildman–Crippen MR) is 67.9 cm³/mol. The van der Waals surface area contributed by atoms with E-state index in [-0.39, 0.29) is 0 Å². The summed E-state index contributed by atoms with van der Waals surface area (Å²) in [5.41, 5.74) is 0.498. The first-order chi connectivity index (χ1) is 7.47. The van der Waals surface area contributed by atoms with Crippen molar-refractivity contribution < 1.29 is 8.42 Å². The number of nitrogens with zero attached hydrogens (tertiary/aromatic N) is 1. The van der Waals surface area contributed by atoms with Crippen LogP contribution in [0.15, 0.2) is 22.9 Å². The average Bonchev–Trinajstić information content (AvgIpc) is 2.21. The number of rotatable bonds is 5. The second-order valence-electron chi connectivity index (χ2n) is 3.37. The maximum absolute atomic E-state index is 11.8. The van der Waals surface area contributed by atoms with Crippen LogP contribution >= 0.6 is 15.9 Å². The van der Waals surface area contributed by atoms with E-state index in [1.54, 1.807) is 26.2 Å². The standard InChI is InChI=1S/C9H14BrN3O2S/c1-7(5-11-2)16(14,15)13-9-3-4-12-6-8(9)10/h3-4,6-7,11H,5H2,1-2H3,(H,12,13). The van der Waals surface area contributed by atoms with Gasteiger partial charge in [-0.2, -0.15) is 0 Å². The Morgan fingerprint density at radius 3 is 2.81 bits per heavy atom. The van der Waals surface area contributed by atoms with E-state index in [0.717, 1.165) is 0 Å². The van der Waals surface area contributed by atoms with E-state index < -0.39 is 15.3 Å². The molecule has 1 aromatic rings. The summed E-state index contributed by atoms with van der Waals surface area (Å²) in [6, 6.07) is 1.60. The molecule has 2 N–H and O–H groups in total. The summed E-state index contributed by atoms with van der Waals surface area (Å²) in [5.74, 6) is 0.